The number of hydrogen-bond donors (Lipinski definition) is 0. The van der Waals surface area contributed by atoms with Gasteiger partial charge in [0.2, 0.25) is 0 Å². The first-order chi connectivity index (χ1) is 15.8. The summed E-state index contributed by atoms with van der Waals surface area (Å²) in [4.78, 5) is 21.0. The number of carbonyl (C=O) groups excluding carboxylic acids is 1. The van der Waals surface area contributed by atoms with Crippen molar-refractivity contribution in [2.45, 2.75) is 44.2 Å². The van der Waals surface area contributed by atoms with Gasteiger partial charge in [0, 0.05) is 23.5 Å². The van der Waals surface area contributed by atoms with Crippen LogP contribution in [0.15, 0.2) is 71.9 Å². The second kappa shape index (κ2) is 11.8. The monoisotopic (exact) mass is 466 g/mol. The van der Waals surface area contributed by atoms with Crippen LogP contribution in [-0.2, 0) is 25.1 Å². The summed E-state index contributed by atoms with van der Waals surface area (Å²) in [7, 11) is -1.28. The largest absolute Gasteiger partial charge is 0.458 e. The topological polar surface area (TPSA) is 78.4 Å². The minimum Gasteiger partial charge on any atom is -0.458 e. The summed E-state index contributed by atoms with van der Waals surface area (Å²) in [6.45, 7) is 5.79. The first kappa shape index (κ1) is 24.7. The van der Waals surface area contributed by atoms with Gasteiger partial charge >= 0.3 is 5.97 Å². The van der Waals surface area contributed by atoms with E-state index in [-0.39, 0.29) is 12.6 Å². The summed E-state index contributed by atoms with van der Waals surface area (Å²) < 4.78 is 23.4. The van der Waals surface area contributed by atoms with Crippen LogP contribution in [0.4, 0.5) is 0 Å². The van der Waals surface area contributed by atoms with Gasteiger partial charge in [-0.1, -0.05) is 60.7 Å². The first-order valence-electron chi connectivity index (χ1n) is 11.0. The molecule has 7 heteroatoms. The Morgan fingerprint density at radius 1 is 0.909 bits per heavy atom. The Hall–Kier alpha value is -2.90. The van der Waals surface area contributed by atoms with E-state index in [1.165, 1.54) is 0 Å². The summed E-state index contributed by atoms with van der Waals surface area (Å²) in [6.07, 6.45) is 2.98. The highest BCUT2D eigenvalue weighted by atomic mass is 32.2. The number of ether oxygens (including phenoxy) is 2. The van der Waals surface area contributed by atoms with Crippen molar-refractivity contribution >= 4 is 16.8 Å². The predicted molar refractivity (Wildman–Crippen MR) is 130 cm³/mol. The predicted octanol–water partition coefficient (Wildman–Crippen LogP) is 5.06. The quantitative estimate of drug-likeness (QED) is 0.307. The van der Waals surface area contributed by atoms with E-state index >= 15 is 0 Å². The van der Waals surface area contributed by atoms with E-state index < -0.39 is 16.4 Å². The van der Waals surface area contributed by atoms with Gasteiger partial charge in [0.25, 0.3) is 0 Å². The number of carbonyl (C=O) groups is 1. The SMILES string of the molecule is CC(C)(C)OC(=O)COCCCCS(=O)c1cnc(-c2ccccc2)c(-c2ccccc2)n1. The number of hydrogen-bond acceptors (Lipinski definition) is 6. The van der Waals surface area contributed by atoms with Gasteiger partial charge < -0.3 is 9.47 Å². The van der Waals surface area contributed by atoms with E-state index in [0.717, 1.165) is 16.8 Å². The molecular weight excluding hydrogens is 436 g/mol. The highest BCUT2D eigenvalue weighted by Crippen LogP contribution is 2.29. The molecule has 0 fully saturated rings. The first-order valence-corrected chi connectivity index (χ1v) is 12.3. The van der Waals surface area contributed by atoms with Crippen LogP contribution in [0.3, 0.4) is 0 Å². The second-order valence-corrected chi connectivity index (χ2v) is 10.1. The molecule has 0 aliphatic rings. The van der Waals surface area contributed by atoms with Crippen molar-refractivity contribution in [3.8, 4) is 22.5 Å². The third-order valence-electron chi connectivity index (χ3n) is 4.59. The number of rotatable bonds is 10. The third-order valence-corrected chi connectivity index (χ3v) is 5.91. The molecule has 33 heavy (non-hydrogen) atoms. The van der Waals surface area contributed by atoms with Crippen molar-refractivity contribution in [1.82, 2.24) is 9.97 Å². The number of esters is 1. The Balaban J connectivity index is 1.59. The number of unbranched alkanes of at least 4 members (excludes halogenated alkanes) is 1. The summed E-state index contributed by atoms with van der Waals surface area (Å²) in [6, 6.07) is 19.7. The van der Waals surface area contributed by atoms with Gasteiger partial charge in [0.1, 0.15) is 17.2 Å². The van der Waals surface area contributed by atoms with Crippen LogP contribution in [0, 0.1) is 0 Å². The lowest BCUT2D eigenvalue weighted by Gasteiger charge is -2.19. The van der Waals surface area contributed by atoms with Gasteiger partial charge in [-0.15, -0.1) is 0 Å². The maximum absolute atomic E-state index is 12.9. The molecule has 0 bridgehead atoms. The van der Waals surface area contributed by atoms with Crippen molar-refractivity contribution in [2.75, 3.05) is 19.0 Å². The molecule has 1 heterocycles. The number of nitrogens with zero attached hydrogens (tertiary/aromatic N) is 2. The molecule has 174 valence electrons. The van der Waals surface area contributed by atoms with E-state index in [4.69, 9.17) is 14.5 Å². The molecule has 3 rings (SSSR count). The van der Waals surface area contributed by atoms with Gasteiger partial charge in [0.15, 0.2) is 0 Å². The van der Waals surface area contributed by atoms with E-state index in [1.54, 1.807) is 6.20 Å². The molecule has 0 saturated carbocycles. The zero-order chi connectivity index (χ0) is 23.7. The third kappa shape index (κ3) is 7.87. The maximum Gasteiger partial charge on any atom is 0.332 e. The van der Waals surface area contributed by atoms with E-state index in [9.17, 15) is 9.00 Å². The van der Waals surface area contributed by atoms with Gasteiger partial charge in [-0.25, -0.2) is 9.78 Å². The lowest BCUT2D eigenvalue weighted by atomic mass is 10.0. The molecule has 6 nitrogen and oxygen atoms in total. The van der Waals surface area contributed by atoms with Crippen molar-refractivity contribution in [2.24, 2.45) is 0 Å². The molecule has 0 N–H and O–H groups in total. The van der Waals surface area contributed by atoms with Crippen LogP contribution in [-0.4, -0.2) is 44.7 Å². The van der Waals surface area contributed by atoms with Crippen molar-refractivity contribution < 1.29 is 18.5 Å². The fraction of sp³-hybridized carbons (Fsp3) is 0.346. The molecule has 0 amide bonds. The summed E-state index contributed by atoms with van der Waals surface area (Å²) in [5.74, 6) is 0.0666. The molecule has 1 atom stereocenters. The van der Waals surface area contributed by atoms with Crippen LogP contribution in [0.2, 0.25) is 0 Å². The van der Waals surface area contributed by atoms with Crippen molar-refractivity contribution in [3.63, 3.8) is 0 Å². The normalized spacial score (nSPS) is 12.3. The summed E-state index contributed by atoms with van der Waals surface area (Å²) >= 11 is 0. The molecule has 0 radical (unpaired) electrons. The average Bonchev–Trinajstić information content (AvgIpc) is 2.81. The van der Waals surface area contributed by atoms with Crippen LogP contribution in [0.5, 0.6) is 0 Å². The van der Waals surface area contributed by atoms with Crippen molar-refractivity contribution in [1.29, 1.82) is 0 Å². The molecule has 1 aromatic heterocycles. The van der Waals surface area contributed by atoms with Crippen LogP contribution < -0.4 is 0 Å². The zero-order valence-electron chi connectivity index (χ0n) is 19.3. The second-order valence-electron chi connectivity index (χ2n) is 8.53. The fourth-order valence-electron chi connectivity index (χ4n) is 3.16. The van der Waals surface area contributed by atoms with Crippen LogP contribution in [0.25, 0.3) is 22.5 Å². The Bertz CT molecular complexity index is 1070. The Morgan fingerprint density at radius 3 is 2.12 bits per heavy atom. The molecule has 0 aliphatic heterocycles. The zero-order valence-corrected chi connectivity index (χ0v) is 20.1. The molecule has 3 aromatic rings. The molecule has 1 unspecified atom stereocenters. The molecule has 2 aromatic carbocycles. The minimum atomic E-state index is -1.28. The van der Waals surface area contributed by atoms with Crippen molar-refractivity contribution in [3.05, 3.63) is 66.9 Å². The maximum atomic E-state index is 12.9. The number of aromatic nitrogens is 2. The van der Waals surface area contributed by atoms with Gasteiger partial charge in [-0.2, -0.15) is 0 Å². The number of benzene rings is 2. The van der Waals surface area contributed by atoms with Crippen LogP contribution >= 0.6 is 0 Å². The van der Waals surface area contributed by atoms with E-state index in [0.29, 0.717) is 35.9 Å². The summed E-state index contributed by atoms with van der Waals surface area (Å²) in [5, 5.41) is 0.461. The lowest BCUT2D eigenvalue weighted by molar-refractivity contribution is -0.160. The Morgan fingerprint density at radius 2 is 1.52 bits per heavy atom. The highest BCUT2D eigenvalue weighted by molar-refractivity contribution is 7.84. The van der Waals surface area contributed by atoms with Gasteiger partial charge in [-0.05, 0) is 33.6 Å². The Labute approximate surface area is 197 Å². The average molecular weight is 467 g/mol. The molecular formula is C26H30N2O4S. The highest BCUT2D eigenvalue weighted by Gasteiger charge is 2.17. The van der Waals surface area contributed by atoms with Gasteiger partial charge in [0.05, 0.1) is 28.4 Å². The minimum absolute atomic E-state index is 0.0762. The van der Waals surface area contributed by atoms with E-state index in [1.807, 2.05) is 81.4 Å². The Kier molecular flexibility index (Phi) is 8.86. The summed E-state index contributed by atoms with van der Waals surface area (Å²) in [5.41, 5.74) is 2.85. The van der Waals surface area contributed by atoms with Crippen LogP contribution in [0.1, 0.15) is 33.6 Å². The fourth-order valence-corrected chi connectivity index (χ4v) is 4.19. The molecule has 0 aliphatic carbocycles. The van der Waals surface area contributed by atoms with E-state index in [2.05, 4.69) is 4.98 Å². The lowest BCUT2D eigenvalue weighted by Crippen LogP contribution is -2.26. The van der Waals surface area contributed by atoms with Gasteiger partial charge in [-0.3, -0.25) is 9.19 Å². The standard InChI is InChI=1S/C26H30N2O4S/c1-26(2,3)32-23(29)19-31-16-10-11-17-33(30)22-18-27-24(20-12-6-4-7-13-20)25(28-22)21-14-8-5-9-15-21/h4-9,12-15,18H,10-11,16-17,19H2,1-3H3. The molecule has 0 saturated heterocycles. The molecule has 0 spiro atoms. The smallest absolute Gasteiger partial charge is 0.332 e.